The van der Waals surface area contributed by atoms with E-state index in [0.29, 0.717) is 30.3 Å². The standard InChI is InChI=1S/C22H31N3O4S/c1-4-24(5-2)12-13-25(19-11-14-30(27,28)16-19)21(26)15-20-17(3)29-22(23-20)18-9-7-6-8-10-18/h6-10,19H,4-5,11-16H2,1-3H3. The Labute approximate surface area is 179 Å². The largest absolute Gasteiger partial charge is 0.441 e. The van der Waals surface area contributed by atoms with Gasteiger partial charge in [0.15, 0.2) is 9.84 Å². The number of sulfone groups is 1. The van der Waals surface area contributed by atoms with Crippen molar-refractivity contribution in [1.29, 1.82) is 0 Å². The van der Waals surface area contributed by atoms with Crippen LogP contribution in [-0.2, 0) is 21.1 Å². The summed E-state index contributed by atoms with van der Waals surface area (Å²) in [6.07, 6.45) is 0.607. The monoisotopic (exact) mass is 433 g/mol. The second kappa shape index (κ2) is 9.75. The number of rotatable bonds is 9. The van der Waals surface area contributed by atoms with E-state index in [4.69, 9.17) is 4.42 Å². The van der Waals surface area contributed by atoms with Gasteiger partial charge in [0.25, 0.3) is 0 Å². The molecule has 8 heteroatoms. The van der Waals surface area contributed by atoms with Gasteiger partial charge in [-0.15, -0.1) is 0 Å². The first-order chi connectivity index (χ1) is 14.3. The van der Waals surface area contributed by atoms with E-state index in [-0.39, 0.29) is 29.9 Å². The molecular formula is C22H31N3O4S. The van der Waals surface area contributed by atoms with Crippen LogP contribution in [0.1, 0.15) is 31.7 Å². The van der Waals surface area contributed by atoms with Crippen molar-refractivity contribution in [2.24, 2.45) is 0 Å². The normalized spacial score (nSPS) is 18.1. The maximum atomic E-state index is 13.2. The van der Waals surface area contributed by atoms with Crippen LogP contribution in [0.3, 0.4) is 0 Å². The lowest BCUT2D eigenvalue weighted by Gasteiger charge is -2.30. The molecule has 0 N–H and O–H groups in total. The van der Waals surface area contributed by atoms with Crippen molar-refractivity contribution in [3.05, 3.63) is 41.8 Å². The Morgan fingerprint density at radius 1 is 1.17 bits per heavy atom. The first-order valence-corrected chi connectivity index (χ1v) is 12.4. The van der Waals surface area contributed by atoms with Crippen LogP contribution in [0, 0.1) is 6.92 Å². The zero-order valence-electron chi connectivity index (χ0n) is 18.0. The number of carbonyl (C=O) groups is 1. The summed E-state index contributed by atoms with van der Waals surface area (Å²) in [6, 6.07) is 9.31. The van der Waals surface area contributed by atoms with Gasteiger partial charge in [-0.1, -0.05) is 32.0 Å². The number of hydrogen-bond acceptors (Lipinski definition) is 6. The van der Waals surface area contributed by atoms with Crippen molar-refractivity contribution in [3.8, 4) is 11.5 Å². The molecule has 7 nitrogen and oxygen atoms in total. The van der Waals surface area contributed by atoms with Crippen LogP contribution in [0.15, 0.2) is 34.7 Å². The number of hydrogen-bond donors (Lipinski definition) is 0. The first kappa shape index (κ1) is 22.5. The molecule has 1 amide bonds. The Morgan fingerprint density at radius 3 is 2.47 bits per heavy atom. The summed E-state index contributed by atoms with van der Waals surface area (Å²) in [4.78, 5) is 21.8. The zero-order valence-corrected chi connectivity index (χ0v) is 18.8. The highest BCUT2D eigenvalue weighted by Gasteiger charge is 2.35. The Hall–Kier alpha value is -2.19. The van der Waals surface area contributed by atoms with Crippen LogP contribution in [0.5, 0.6) is 0 Å². The number of aromatic nitrogens is 1. The third-order valence-electron chi connectivity index (χ3n) is 5.75. The van der Waals surface area contributed by atoms with Gasteiger partial charge < -0.3 is 14.2 Å². The molecule has 1 atom stereocenters. The minimum atomic E-state index is -3.08. The average Bonchev–Trinajstić information content (AvgIpc) is 3.27. The Bertz CT molecular complexity index is 952. The third kappa shape index (κ3) is 5.49. The van der Waals surface area contributed by atoms with Crippen molar-refractivity contribution in [1.82, 2.24) is 14.8 Å². The topological polar surface area (TPSA) is 83.7 Å². The predicted octanol–water partition coefficient (Wildman–Crippen LogP) is 2.55. The lowest BCUT2D eigenvalue weighted by molar-refractivity contribution is -0.132. The van der Waals surface area contributed by atoms with Gasteiger partial charge in [0, 0.05) is 24.7 Å². The molecule has 30 heavy (non-hydrogen) atoms. The summed E-state index contributed by atoms with van der Waals surface area (Å²) in [5, 5.41) is 0. The summed E-state index contributed by atoms with van der Waals surface area (Å²) < 4.78 is 29.8. The number of nitrogens with zero attached hydrogens (tertiary/aromatic N) is 3. The smallest absolute Gasteiger partial charge is 0.229 e. The SMILES string of the molecule is CCN(CC)CCN(C(=O)Cc1nc(-c2ccccc2)oc1C)C1CCS(=O)(=O)C1. The molecule has 1 unspecified atom stereocenters. The summed E-state index contributed by atoms with van der Waals surface area (Å²) in [6.45, 7) is 9.00. The molecule has 0 spiro atoms. The molecule has 164 valence electrons. The van der Waals surface area contributed by atoms with E-state index in [1.807, 2.05) is 37.3 Å². The van der Waals surface area contributed by atoms with E-state index in [1.165, 1.54) is 0 Å². The highest BCUT2D eigenvalue weighted by molar-refractivity contribution is 7.91. The molecule has 1 aliphatic heterocycles. The van der Waals surface area contributed by atoms with E-state index in [2.05, 4.69) is 23.7 Å². The molecule has 2 aromatic rings. The van der Waals surface area contributed by atoms with Crippen molar-refractivity contribution in [2.75, 3.05) is 37.7 Å². The maximum Gasteiger partial charge on any atom is 0.229 e. The number of oxazole rings is 1. The molecule has 0 saturated carbocycles. The van der Waals surface area contributed by atoms with E-state index in [1.54, 1.807) is 4.90 Å². The summed E-state index contributed by atoms with van der Waals surface area (Å²) in [7, 11) is -3.08. The molecule has 1 fully saturated rings. The van der Waals surface area contributed by atoms with Crippen LogP contribution in [0.4, 0.5) is 0 Å². The van der Waals surface area contributed by atoms with Crippen molar-refractivity contribution in [2.45, 2.75) is 39.7 Å². The lowest BCUT2D eigenvalue weighted by atomic mass is 10.1. The van der Waals surface area contributed by atoms with Gasteiger partial charge in [0.1, 0.15) is 5.76 Å². The highest BCUT2D eigenvalue weighted by Crippen LogP contribution is 2.23. The van der Waals surface area contributed by atoms with Crippen LogP contribution in [0.2, 0.25) is 0 Å². The molecule has 0 radical (unpaired) electrons. The fourth-order valence-electron chi connectivity index (χ4n) is 3.86. The van der Waals surface area contributed by atoms with Gasteiger partial charge in [-0.05, 0) is 38.6 Å². The van der Waals surface area contributed by atoms with Gasteiger partial charge in [-0.2, -0.15) is 0 Å². The number of benzene rings is 1. The summed E-state index contributed by atoms with van der Waals surface area (Å²) in [5.41, 5.74) is 1.46. The number of carbonyl (C=O) groups excluding carboxylic acids is 1. The summed E-state index contributed by atoms with van der Waals surface area (Å²) in [5.74, 6) is 1.21. The van der Waals surface area contributed by atoms with Crippen LogP contribution < -0.4 is 0 Å². The van der Waals surface area contributed by atoms with Gasteiger partial charge in [-0.3, -0.25) is 4.79 Å². The predicted molar refractivity (Wildman–Crippen MR) is 117 cm³/mol. The van der Waals surface area contributed by atoms with Crippen LogP contribution in [-0.4, -0.2) is 72.8 Å². The molecule has 1 saturated heterocycles. The van der Waals surface area contributed by atoms with Gasteiger partial charge >= 0.3 is 0 Å². The Balaban J connectivity index is 1.76. The third-order valence-corrected chi connectivity index (χ3v) is 7.50. The van der Waals surface area contributed by atoms with Crippen LogP contribution in [0.25, 0.3) is 11.5 Å². The first-order valence-electron chi connectivity index (χ1n) is 10.6. The van der Waals surface area contributed by atoms with E-state index >= 15 is 0 Å². The quantitative estimate of drug-likeness (QED) is 0.604. The fourth-order valence-corrected chi connectivity index (χ4v) is 5.59. The van der Waals surface area contributed by atoms with E-state index < -0.39 is 9.84 Å². The lowest BCUT2D eigenvalue weighted by Crippen LogP contribution is -2.46. The second-order valence-corrected chi connectivity index (χ2v) is 9.96. The number of aryl methyl sites for hydroxylation is 1. The molecule has 1 aromatic heterocycles. The minimum Gasteiger partial charge on any atom is -0.441 e. The maximum absolute atomic E-state index is 13.2. The van der Waals surface area contributed by atoms with Gasteiger partial charge in [0.2, 0.25) is 11.8 Å². The van der Waals surface area contributed by atoms with Gasteiger partial charge in [0.05, 0.1) is 23.6 Å². The molecule has 0 bridgehead atoms. The molecule has 1 aromatic carbocycles. The van der Waals surface area contributed by atoms with Crippen molar-refractivity contribution in [3.63, 3.8) is 0 Å². The molecular weight excluding hydrogens is 402 g/mol. The van der Waals surface area contributed by atoms with Crippen molar-refractivity contribution < 1.29 is 17.6 Å². The number of likely N-dealkylation sites (N-methyl/N-ethyl adjacent to an activating group) is 1. The Kier molecular flexibility index (Phi) is 7.31. The van der Waals surface area contributed by atoms with Crippen LogP contribution >= 0.6 is 0 Å². The average molecular weight is 434 g/mol. The minimum absolute atomic E-state index is 0.0457. The fraction of sp³-hybridized carbons (Fsp3) is 0.545. The molecule has 3 rings (SSSR count). The Morgan fingerprint density at radius 2 is 1.87 bits per heavy atom. The number of amides is 1. The van der Waals surface area contributed by atoms with E-state index in [9.17, 15) is 13.2 Å². The highest BCUT2D eigenvalue weighted by atomic mass is 32.2. The van der Waals surface area contributed by atoms with Crippen molar-refractivity contribution >= 4 is 15.7 Å². The molecule has 2 heterocycles. The molecule has 1 aliphatic rings. The summed E-state index contributed by atoms with van der Waals surface area (Å²) >= 11 is 0. The van der Waals surface area contributed by atoms with E-state index in [0.717, 1.165) is 25.2 Å². The second-order valence-electron chi connectivity index (χ2n) is 7.74. The molecule has 0 aliphatic carbocycles. The van der Waals surface area contributed by atoms with Gasteiger partial charge in [-0.25, -0.2) is 13.4 Å². The zero-order chi connectivity index (χ0) is 21.7.